The first kappa shape index (κ1) is 12.4. The summed E-state index contributed by atoms with van der Waals surface area (Å²) in [6.45, 7) is 9.73. The average Bonchev–Trinajstić information content (AvgIpc) is 2.70. The third-order valence-corrected chi connectivity index (χ3v) is 3.51. The van der Waals surface area contributed by atoms with Gasteiger partial charge in [-0.2, -0.15) is 0 Å². The molecule has 0 amide bonds. The lowest BCUT2D eigenvalue weighted by atomic mass is 9.81. The van der Waals surface area contributed by atoms with E-state index in [1.165, 1.54) is 0 Å². The van der Waals surface area contributed by atoms with Crippen molar-refractivity contribution in [2.75, 3.05) is 0 Å². The van der Waals surface area contributed by atoms with Crippen LogP contribution in [0.3, 0.4) is 0 Å². The van der Waals surface area contributed by atoms with Crippen LogP contribution in [0.15, 0.2) is 16.7 Å². The fraction of sp³-hybridized carbons (Fsp3) is 0.583. The highest BCUT2D eigenvalue weighted by atomic mass is 16.7. The van der Waals surface area contributed by atoms with Gasteiger partial charge in [0, 0.05) is 5.46 Å². The summed E-state index contributed by atoms with van der Waals surface area (Å²) in [6.07, 6.45) is 1.59. The highest BCUT2D eigenvalue weighted by Crippen LogP contribution is 2.36. The van der Waals surface area contributed by atoms with Crippen LogP contribution in [0.1, 0.15) is 40.4 Å². The monoisotopic (exact) mass is 235 g/mol. The van der Waals surface area contributed by atoms with Gasteiger partial charge in [-0.25, -0.2) is 0 Å². The second kappa shape index (κ2) is 3.72. The van der Waals surface area contributed by atoms with E-state index < -0.39 is 7.12 Å². The zero-order chi connectivity index (χ0) is 12.8. The Labute approximate surface area is 102 Å². The summed E-state index contributed by atoms with van der Waals surface area (Å²) in [7, 11) is -0.420. The van der Waals surface area contributed by atoms with E-state index in [0.29, 0.717) is 11.5 Å². The summed E-state index contributed by atoms with van der Waals surface area (Å²) in [4.78, 5) is 0. The molecule has 1 aliphatic heterocycles. The number of hydrogen-bond acceptors (Lipinski definition) is 4. The molecule has 0 aliphatic carbocycles. The van der Waals surface area contributed by atoms with Crippen molar-refractivity contribution in [3.63, 3.8) is 0 Å². The topological polar surface area (TPSA) is 55.5 Å². The van der Waals surface area contributed by atoms with Gasteiger partial charge in [-0.15, -0.1) is 0 Å². The quantitative estimate of drug-likeness (QED) is 0.629. The number of nitrogens with one attached hydrogen (secondary N) is 1. The molecule has 0 saturated carbocycles. The minimum Gasteiger partial charge on any atom is -0.463 e. The largest absolute Gasteiger partial charge is 0.498 e. The molecule has 4 nitrogen and oxygen atoms in total. The highest BCUT2D eigenvalue weighted by Gasteiger charge is 2.52. The number of hydrogen-bond donors (Lipinski definition) is 1. The molecule has 2 rings (SSSR count). The molecule has 92 valence electrons. The van der Waals surface area contributed by atoms with Crippen molar-refractivity contribution in [3.05, 3.63) is 18.1 Å². The molecule has 1 N–H and O–H groups in total. The van der Waals surface area contributed by atoms with Crippen LogP contribution in [0.25, 0.3) is 0 Å². The fourth-order valence-corrected chi connectivity index (χ4v) is 1.65. The zero-order valence-corrected chi connectivity index (χ0v) is 11.0. The molecular weight excluding hydrogens is 217 g/mol. The van der Waals surface area contributed by atoms with E-state index in [9.17, 15) is 0 Å². The summed E-state index contributed by atoms with van der Waals surface area (Å²) in [5.74, 6) is 0.551. The van der Waals surface area contributed by atoms with E-state index in [-0.39, 0.29) is 11.2 Å². The van der Waals surface area contributed by atoms with Crippen LogP contribution >= 0.6 is 0 Å². The predicted molar refractivity (Wildman–Crippen MR) is 66.9 cm³/mol. The van der Waals surface area contributed by atoms with E-state index in [1.54, 1.807) is 19.3 Å². The van der Waals surface area contributed by atoms with Crippen molar-refractivity contribution < 1.29 is 13.7 Å². The van der Waals surface area contributed by atoms with Crippen LogP contribution in [0.2, 0.25) is 0 Å². The van der Waals surface area contributed by atoms with Crippen LogP contribution in [-0.4, -0.2) is 24.0 Å². The molecule has 1 aliphatic rings. The van der Waals surface area contributed by atoms with Gasteiger partial charge in [-0.3, -0.25) is 0 Å². The smallest absolute Gasteiger partial charge is 0.463 e. The highest BCUT2D eigenvalue weighted by molar-refractivity contribution is 6.62. The molecule has 0 radical (unpaired) electrons. The molecular formula is C12H18BNO3. The van der Waals surface area contributed by atoms with E-state index in [2.05, 4.69) is 0 Å². The summed E-state index contributed by atoms with van der Waals surface area (Å²) >= 11 is 0. The Kier molecular flexibility index (Phi) is 2.71. The SMILES string of the molecule is CC(=N)c1cc(B2OC(C)(C)C(C)(C)O2)co1. The second-order valence-corrected chi connectivity index (χ2v) is 5.46. The molecule has 5 heteroatoms. The number of rotatable bonds is 2. The second-order valence-electron chi connectivity index (χ2n) is 5.46. The van der Waals surface area contributed by atoms with Gasteiger partial charge in [0.25, 0.3) is 0 Å². The maximum absolute atomic E-state index is 7.50. The predicted octanol–water partition coefficient (Wildman–Crippen LogP) is 1.97. The Morgan fingerprint density at radius 2 is 1.71 bits per heavy atom. The van der Waals surface area contributed by atoms with Gasteiger partial charge in [0.1, 0.15) is 5.76 Å². The van der Waals surface area contributed by atoms with Crippen LogP contribution in [0, 0.1) is 5.41 Å². The van der Waals surface area contributed by atoms with Gasteiger partial charge in [-0.1, -0.05) is 0 Å². The van der Waals surface area contributed by atoms with Gasteiger partial charge in [-0.05, 0) is 40.7 Å². The third kappa shape index (κ3) is 2.05. The molecule has 0 unspecified atom stereocenters. The molecule has 0 bridgehead atoms. The lowest BCUT2D eigenvalue weighted by molar-refractivity contribution is 0.00578. The minimum atomic E-state index is -0.420. The normalized spacial score (nSPS) is 21.8. The Morgan fingerprint density at radius 1 is 1.18 bits per heavy atom. The summed E-state index contributed by atoms with van der Waals surface area (Å²) in [5, 5.41) is 7.50. The fourth-order valence-electron chi connectivity index (χ4n) is 1.65. The minimum absolute atomic E-state index is 0.352. The van der Waals surface area contributed by atoms with Crippen LogP contribution in [0.5, 0.6) is 0 Å². The maximum atomic E-state index is 7.50. The molecule has 1 aromatic heterocycles. The average molecular weight is 235 g/mol. The van der Waals surface area contributed by atoms with Crippen LogP contribution in [-0.2, 0) is 9.31 Å². The molecule has 0 atom stereocenters. The standard InChI is InChI=1S/C12H18BNO3/c1-8(14)10-6-9(7-15-10)13-16-11(2,3)12(4,5)17-13/h6-7,14H,1-5H3. The summed E-state index contributed by atoms with van der Waals surface area (Å²) < 4.78 is 17.1. The maximum Gasteiger partial charge on any atom is 0.498 e. The Morgan fingerprint density at radius 3 is 2.12 bits per heavy atom. The van der Waals surface area contributed by atoms with Gasteiger partial charge >= 0.3 is 7.12 Å². The molecule has 1 fully saturated rings. The van der Waals surface area contributed by atoms with E-state index in [4.69, 9.17) is 19.1 Å². The first-order valence-corrected chi connectivity index (χ1v) is 5.72. The van der Waals surface area contributed by atoms with Crippen molar-refractivity contribution in [2.24, 2.45) is 0 Å². The van der Waals surface area contributed by atoms with Crippen molar-refractivity contribution in [1.82, 2.24) is 0 Å². The molecule has 2 heterocycles. The van der Waals surface area contributed by atoms with Gasteiger partial charge in [0.2, 0.25) is 0 Å². The summed E-state index contributed by atoms with van der Waals surface area (Å²) in [6, 6.07) is 1.80. The van der Waals surface area contributed by atoms with E-state index in [0.717, 1.165) is 5.46 Å². The van der Waals surface area contributed by atoms with Crippen molar-refractivity contribution >= 4 is 18.3 Å². The number of furan rings is 1. The van der Waals surface area contributed by atoms with Gasteiger partial charge < -0.3 is 19.1 Å². The van der Waals surface area contributed by atoms with Gasteiger partial charge in [0.05, 0.1) is 23.2 Å². The molecule has 1 aromatic rings. The lowest BCUT2D eigenvalue weighted by Gasteiger charge is -2.32. The molecule has 1 saturated heterocycles. The first-order chi connectivity index (χ1) is 7.73. The van der Waals surface area contributed by atoms with E-state index in [1.807, 2.05) is 27.7 Å². The van der Waals surface area contributed by atoms with Crippen LogP contribution in [0.4, 0.5) is 0 Å². The Balaban J connectivity index is 2.23. The first-order valence-electron chi connectivity index (χ1n) is 5.72. The van der Waals surface area contributed by atoms with Crippen molar-refractivity contribution in [3.8, 4) is 0 Å². The Hall–Kier alpha value is -1.07. The Bertz CT molecular complexity index is 434. The third-order valence-electron chi connectivity index (χ3n) is 3.51. The summed E-state index contributed by atoms with van der Waals surface area (Å²) in [5.41, 5.74) is 0.516. The molecule has 0 aromatic carbocycles. The van der Waals surface area contributed by atoms with Gasteiger partial charge in [0.15, 0.2) is 0 Å². The van der Waals surface area contributed by atoms with Crippen LogP contribution < -0.4 is 5.46 Å². The molecule has 17 heavy (non-hydrogen) atoms. The van der Waals surface area contributed by atoms with Crippen molar-refractivity contribution in [2.45, 2.75) is 45.8 Å². The zero-order valence-electron chi connectivity index (χ0n) is 11.0. The molecule has 0 spiro atoms. The van der Waals surface area contributed by atoms with E-state index >= 15 is 0 Å². The lowest BCUT2D eigenvalue weighted by Crippen LogP contribution is -2.41. The van der Waals surface area contributed by atoms with Crippen molar-refractivity contribution in [1.29, 1.82) is 5.41 Å².